The van der Waals surface area contributed by atoms with Crippen LogP contribution < -0.4 is 15.8 Å². The van der Waals surface area contributed by atoms with E-state index in [0.717, 1.165) is 16.9 Å². The van der Waals surface area contributed by atoms with E-state index in [0.29, 0.717) is 36.9 Å². The molecule has 2 N–H and O–H groups in total. The van der Waals surface area contributed by atoms with Crippen molar-refractivity contribution in [3.8, 4) is 0 Å². The molecule has 1 fully saturated rings. The summed E-state index contributed by atoms with van der Waals surface area (Å²) < 4.78 is 5.33. The molecule has 0 radical (unpaired) electrons. The largest absolute Gasteiger partial charge is 0.378 e. The molecule has 10 heteroatoms. The molecule has 0 atom stereocenters. The van der Waals surface area contributed by atoms with Crippen molar-refractivity contribution in [2.75, 3.05) is 31.2 Å². The minimum Gasteiger partial charge on any atom is -0.378 e. The fourth-order valence-corrected chi connectivity index (χ4v) is 4.13. The van der Waals surface area contributed by atoms with Gasteiger partial charge in [0, 0.05) is 30.1 Å². The Morgan fingerprint density at radius 2 is 1.90 bits per heavy atom. The van der Waals surface area contributed by atoms with E-state index in [9.17, 15) is 19.7 Å². The maximum Gasteiger partial charge on any atom is 0.279 e. The molecule has 1 aromatic carbocycles. The number of morpholine rings is 1. The molecule has 0 bridgehead atoms. The molecule has 2 aromatic rings. The summed E-state index contributed by atoms with van der Waals surface area (Å²) in [5, 5.41) is 11.1. The number of aryl methyl sites for hydroxylation is 2. The lowest BCUT2D eigenvalue weighted by atomic mass is 10.1. The number of carbonyl (C=O) groups excluding carboxylic acids is 2. The standard InChI is InChI=1S/C19H22N4O5S/c1-3-16-12(2)10-17(29-16)19(25)21-20-18(24)14-11-13(23(26)27)4-5-15(14)22-6-8-28-9-7-22/h4-5,10-11H,3,6-9H2,1-2H3,(H,20,24)(H,21,25). The smallest absolute Gasteiger partial charge is 0.279 e. The minimum absolute atomic E-state index is 0.123. The van der Waals surface area contributed by atoms with Gasteiger partial charge in [-0.1, -0.05) is 6.92 Å². The van der Waals surface area contributed by atoms with E-state index in [1.807, 2.05) is 18.7 Å². The Morgan fingerprint density at radius 3 is 2.52 bits per heavy atom. The molecular formula is C19H22N4O5S. The molecule has 1 aliphatic heterocycles. The monoisotopic (exact) mass is 418 g/mol. The van der Waals surface area contributed by atoms with E-state index in [-0.39, 0.29) is 11.3 Å². The van der Waals surface area contributed by atoms with Crippen molar-refractivity contribution in [2.24, 2.45) is 0 Å². The number of nitrogens with zero attached hydrogens (tertiary/aromatic N) is 2. The molecule has 2 amide bonds. The third-order valence-electron chi connectivity index (χ3n) is 4.64. The van der Waals surface area contributed by atoms with E-state index < -0.39 is 16.7 Å². The Hall–Kier alpha value is -2.98. The van der Waals surface area contributed by atoms with Gasteiger partial charge in [-0.15, -0.1) is 11.3 Å². The van der Waals surface area contributed by atoms with Crippen molar-refractivity contribution in [2.45, 2.75) is 20.3 Å². The number of anilines is 1. The Morgan fingerprint density at radius 1 is 1.21 bits per heavy atom. The van der Waals surface area contributed by atoms with Gasteiger partial charge in [-0.05, 0) is 31.0 Å². The predicted octanol–water partition coefficient (Wildman–Crippen LogP) is 2.44. The molecular weight excluding hydrogens is 396 g/mol. The second-order valence-corrected chi connectivity index (χ2v) is 7.67. The number of carbonyl (C=O) groups is 2. The van der Waals surface area contributed by atoms with Crippen LogP contribution in [0.3, 0.4) is 0 Å². The van der Waals surface area contributed by atoms with Crippen LogP contribution in [0.4, 0.5) is 11.4 Å². The SMILES string of the molecule is CCc1sc(C(=O)NNC(=O)c2cc([N+](=O)[O-])ccc2N2CCOCC2)cc1C. The molecule has 3 rings (SSSR count). The number of nitro groups is 1. The van der Waals surface area contributed by atoms with E-state index in [4.69, 9.17) is 4.74 Å². The molecule has 2 heterocycles. The highest BCUT2D eigenvalue weighted by Gasteiger charge is 2.22. The molecule has 1 saturated heterocycles. The number of ether oxygens (including phenoxy) is 1. The summed E-state index contributed by atoms with van der Waals surface area (Å²) in [4.78, 5) is 39.2. The molecule has 0 aliphatic carbocycles. The van der Waals surface area contributed by atoms with Crippen LogP contribution >= 0.6 is 11.3 Å². The van der Waals surface area contributed by atoms with Crippen molar-refractivity contribution in [1.82, 2.24) is 10.9 Å². The zero-order valence-electron chi connectivity index (χ0n) is 16.2. The van der Waals surface area contributed by atoms with Crippen LogP contribution in [0.1, 0.15) is 37.4 Å². The first-order chi connectivity index (χ1) is 13.9. The lowest BCUT2D eigenvalue weighted by Gasteiger charge is -2.30. The minimum atomic E-state index is -0.618. The molecule has 1 aromatic heterocycles. The maximum absolute atomic E-state index is 12.7. The average molecular weight is 418 g/mol. The van der Waals surface area contributed by atoms with Crippen molar-refractivity contribution < 1.29 is 19.2 Å². The zero-order chi connectivity index (χ0) is 21.0. The summed E-state index contributed by atoms with van der Waals surface area (Å²) in [5.74, 6) is -1.04. The first kappa shape index (κ1) is 20.7. The number of benzene rings is 1. The number of amides is 2. The molecule has 154 valence electrons. The molecule has 1 aliphatic rings. The van der Waals surface area contributed by atoms with E-state index in [1.54, 1.807) is 12.1 Å². The van der Waals surface area contributed by atoms with Gasteiger partial charge in [0.15, 0.2) is 0 Å². The lowest BCUT2D eigenvalue weighted by molar-refractivity contribution is -0.384. The maximum atomic E-state index is 12.7. The van der Waals surface area contributed by atoms with Gasteiger partial charge in [0.1, 0.15) is 0 Å². The van der Waals surface area contributed by atoms with Crippen LogP contribution in [0.2, 0.25) is 0 Å². The van der Waals surface area contributed by atoms with Gasteiger partial charge in [0.2, 0.25) is 0 Å². The van der Waals surface area contributed by atoms with Gasteiger partial charge in [-0.25, -0.2) is 0 Å². The summed E-state index contributed by atoms with van der Waals surface area (Å²) in [7, 11) is 0. The van der Waals surface area contributed by atoms with Crippen LogP contribution in [0.25, 0.3) is 0 Å². The summed E-state index contributed by atoms with van der Waals surface area (Å²) in [6.45, 7) is 6.09. The highest BCUT2D eigenvalue weighted by molar-refractivity contribution is 7.14. The van der Waals surface area contributed by atoms with Crippen LogP contribution in [0.15, 0.2) is 24.3 Å². The molecule has 9 nitrogen and oxygen atoms in total. The Labute approximate surface area is 171 Å². The number of hydrazine groups is 1. The number of thiophene rings is 1. The molecule has 0 spiro atoms. The number of rotatable bonds is 5. The number of nitrogens with one attached hydrogen (secondary N) is 2. The normalized spacial score (nSPS) is 13.8. The Bertz CT molecular complexity index is 937. The van der Waals surface area contributed by atoms with Crippen molar-refractivity contribution >= 4 is 34.5 Å². The van der Waals surface area contributed by atoms with Gasteiger partial charge in [-0.3, -0.25) is 30.6 Å². The van der Waals surface area contributed by atoms with Crippen LogP contribution in [-0.2, 0) is 11.2 Å². The van der Waals surface area contributed by atoms with Crippen molar-refractivity contribution in [3.63, 3.8) is 0 Å². The number of hydrogen-bond acceptors (Lipinski definition) is 7. The van der Waals surface area contributed by atoms with Gasteiger partial charge in [0.05, 0.1) is 34.3 Å². The van der Waals surface area contributed by atoms with Gasteiger partial charge in [-0.2, -0.15) is 0 Å². The molecule has 0 unspecified atom stereocenters. The second kappa shape index (κ2) is 9.01. The number of nitro benzene ring substituents is 1. The van der Waals surface area contributed by atoms with Crippen LogP contribution in [0.5, 0.6) is 0 Å². The fraction of sp³-hybridized carbons (Fsp3) is 0.368. The average Bonchev–Trinajstić information content (AvgIpc) is 3.12. The van der Waals surface area contributed by atoms with E-state index >= 15 is 0 Å². The zero-order valence-corrected chi connectivity index (χ0v) is 17.0. The highest BCUT2D eigenvalue weighted by atomic mass is 32.1. The molecule has 0 saturated carbocycles. The second-order valence-electron chi connectivity index (χ2n) is 6.54. The number of hydrogen-bond donors (Lipinski definition) is 2. The lowest BCUT2D eigenvalue weighted by Crippen LogP contribution is -2.43. The highest BCUT2D eigenvalue weighted by Crippen LogP contribution is 2.26. The summed E-state index contributed by atoms with van der Waals surface area (Å²) in [6, 6.07) is 5.91. The summed E-state index contributed by atoms with van der Waals surface area (Å²) >= 11 is 1.37. The van der Waals surface area contributed by atoms with Gasteiger partial charge in [0.25, 0.3) is 17.5 Å². The Kier molecular flexibility index (Phi) is 6.45. The predicted molar refractivity (Wildman–Crippen MR) is 109 cm³/mol. The van der Waals surface area contributed by atoms with Crippen LogP contribution in [0, 0.1) is 17.0 Å². The molecule has 29 heavy (non-hydrogen) atoms. The third-order valence-corrected chi connectivity index (χ3v) is 6.02. The first-order valence-electron chi connectivity index (χ1n) is 9.21. The Balaban J connectivity index is 1.78. The quantitative estimate of drug-likeness (QED) is 0.569. The first-order valence-corrected chi connectivity index (χ1v) is 10.0. The van der Waals surface area contributed by atoms with E-state index in [2.05, 4.69) is 10.9 Å². The van der Waals surface area contributed by atoms with Crippen LogP contribution in [-0.4, -0.2) is 43.0 Å². The topological polar surface area (TPSA) is 114 Å². The summed E-state index contributed by atoms with van der Waals surface area (Å²) in [6.07, 6.45) is 0.826. The summed E-state index contributed by atoms with van der Waals surface area (Å²) in [5.41, 5.74) is 6.30. The number of non-ortho nitro benzene ring substituents is 1. The van der Waals surface area contributed by atoms with Gasteiger partial charge < -0.3 is 9.64 Å². The van der Waals surface area contributed by atoms with Gasteiger partial charge >= 0.3 is 0 Å². The van der Waals surface area contributed by atoms with E-state index in [1.165, 1.54) is 23.5 Å². The third kappa shape index (κ3) is 4.72. The van der Waals surface area contributed by atoms with Crippen molar-refractivity contribution in [1.29, 1.82) is 0 Å². The van der Waals surface area contributed by atoms with Crippen molar-refractivity contribution in [3.05, 3.63) is 55.3 Å². The fourth-order valence-electron chi connectivity index (χ4n) is 3.12.